The molecule has 2 N–H and O–H groups in total. The number of carbonyl (C=O) groups excluding carboxylic acids is 4. The fourth-order valence-electron chi connectivity index (χ4n) is 3.65. The van der Waals surface area contributed by atoms with E-state index in [1.54, 1.807) is 32.9 Å². The van der Waals surface area contributed by atoms with Gasteiger partial charge >= 0.3 is 11.9 Å². The molecule has 9 nitrogen and oxygen atoms in total. The molecule has 3 rings (SSSR count). The van der Waals surface area contributed by atoms with Crippen LogP contribution in [0.25, 0.3) is 5.57 Å². The molecule has 168 valence electrons. The van der Waals surface area contributed by atoms with Crippen LogP contribution in [-0.4, -0.2) is 59.7 Å². The molecule has 0 spiro atoms. The maximum Gasteiger partial charge on any atom is 0.358 e. The van der Waals surface area contributed by atoms with Gasteiger partial charge in [-0.1, -0.05) is 0 Å². The van der Waals surface area contributed by atoms with E-state index < -0.39 is 36.2 Å². The van der Waals surface area contributed by atoms with Crippen molar-refractivity contribution >= 4 is 40.7 Å². The third-order valence-corrected chi connectivity index (χ3v) is 6.41. The van der Waals surface area contributed by atoms with Crippen LogP contribution in [0.3, 0.4) is 0 Å². The lowest BCUT2D eigenvalue weighted by molar-refractivity contribution is -0.175. The van der Waals surface area contributed by atoms with Crippen molar-refractivity contribution in [1.82, 2.24) is 10.2 Å². The minimum absolute atomic E-state index is 0.0593. The lowest BCUT2D eigenvalue weighted by Crippen LogP contribution is -2.61. The average Bonchev–Trinajstić information content (AvgIpc) is 3.28. The van der Waals surface area contributed by atoms with Gasteiger partial charge in [0.15, 0.2) is 0 Å². The molecule has 2 amide bonds. The predicted molar refractivity (Wildman–Crippen MR) is 112 cm³/mol. The van der Waals surface area contributed by atoms with Gasteiger partial charge < -0.3 is 24.8 Å². The predicted octanol–water partition coefficient (Wildman–Crippen LogP) is 1.52. The molecule has 0 aliphatic carbocycles. The number of β-lactam (4-membered cyclic amide) rings is 1. The molecule has 2 aliphatic heterocycles. The lowest BCUT2D eigenvalue weighted by Gasteiger charge is -2.44. The first-order valence-corrected chi connectivity index (χ1v) is 10.7. The summed E-state index contributed by atoms with van der Waals surface area (Å²) in [4.78, 5) is 51.8. The first-order chi connectivity index (χ1) is 14.5. The van der Waals surface area contributed by atoms with Crippen molar-refractivity contribution in [2.75, 3.05) is 13.8 Å². The minimum Gasteiger partial charge on any atom is -0.427 e. The fraction of sp³-hybridized carbons (Fsp3) is 0.524. The first kappa shape index (κ1) is 23.0. The second-order valence-corrected chi connectivity index (χ2v) is 9.63. The Morgan fingerprint density at radius 2 is 1.97 bits per heavy atom. The largest absolute Gasteiger partial charge is 0.427 e. The van der Waals surface area contributed by atoms with E-state index in [2.05, 4.69) is 5.32 Å². The summed E-state index contributed by atoms with van der Waals surface area (Å²) >= 11 is 1.20. The van der Waals surface area contributed by atoms with Crippen LogP contribution < -0.4 is 5.32 Å². The molecule has 1 aromatic heterocycles. The number of nitrogens with zero attached hydrogens (tertiary/aromatic N) is 1. The van der Waals surface area contributed by atoms with Gasteiger partial charge in [0.25, 0.3) is 5.91 Å². The van der Waals surface area contributed by atoms with Crippen LogP contribution in [0.2, 0.25) is 0 Å². The van der Waals surface area contributed by atoms with Gasteiger partial charge in [0.2, 0.25) is 12.7 Å². The molecule has 31 heavy (non-hydrogen) atoms. The van der Waals surface area contributed by atoms with Crippen LogP contribution in [-0.2, 0) is 23.9 Å². The zero-order valence-corrected chi connectivity index (χ0v) is 18.9. The van der Waals surface area contributed by atoms with Crippen molar-refractivity contribution in [3.8, 4) is 0 Å². The van der Waals surface area contributed by atoms with Crippen LogP contribution in [0, 0.1) is 11.3 Å². The summed E-state index contributed by atoms with van der Waals surface area (Å²) in [6.45, 7) is 5.99. The molecular weight excluding hydrogens is 424 g/mol. The Labute approximate surface area is 184 Å². The zero-order chi connectivity index (χ0) is 23.1. The highest BCUT2D eigenvalue weighted by Gasteiger charge is 2.57. The van der Waals surface area contributed by atoms with E-state index in [9.17, 15) is 24.3 Å². The van der Waals surface area contributed by atoms with Gasteiger partial charge in [-0.15, -0.1) is 11.3 Å². The van der Waals surface area contributed by atoms with Crippen LogP contribution in [0.5, 0.6) is 0 Å². The Bertz CT molecular complexity index is 957. The van der Waals surface area contributed by atoms with Crippen LogP contribution in [0.1, 0.15) is 48.7 Å². The Morgan fingerprint density at radius 3 is 2.55 bits per heavy atom. The van der Waals surface area contributed by atoms with Gasteiger partial charge in [-0.05, 0) is 46.2 Å². The molecule has 2 unspecified atom stereocenters. The van der Waals surface area contributed by atoms with E-state index >= 15 is 0 Å². The van der Waals surface area contributed by atoms with E-state index in [4.69, 9.17) is 9.47 Å². The fourth-order valence-corrected chi connectivity index (χ4v) is 4.65. The molecule has 1 fully saturated rings. The van der Waals surface area contributed by atoms with Crippen molar-refractivity contribution in [1.29, 1.82) is 0 Å². The topological polar surface area (TPSA) is 122 Å². The molecular formula is C21H26N2O7S. The molecule has 0 radical (unpaired) electrons. The maximum absolute atomic E-state index is 12.9. The van der Waals surface area contributed by atoms with Crippen molar-refractivity contribution in [3.63, 3.8) is 0 Å². The molecule has 0 bridgehead atoms. The number of hydrogen-bond donors (Lipinski definition) is 2. The molecule has 1 saturated heterocycles. The number of carbonyl (C=O) groups is 4. The van der Waals surface area contributed by atoms with Gasteiger partial charge in [0.1, 0.15) is 5.70 Å². The van der Waals surface area contributed by atoms with Gasteiger partial charge in [0.05, 0.1) is 28.4 Å². The third kappa shape index (κ3) is 4.22. The summed E-state index contributed by atoms with van der Waals surface area (Å²) in [5.41, 5.74) is -0.127. The standard InChI is InChI=1S/C21H26N2O7S/c1-10(24)15-12-8-11(13-6-7-14(31-13)17(25)22-5)16(23(12)18(15)26)19(27)29-9-30-20(28)21(2,3)4/h6-7,10,12,15,24H,8-9H2,1-5H3,(H,22,25)/t10-,12?,15?/m1/s1. The molecule has 10 heteroatoms. The average molecular weight is 451 g/mol. The molecule has 3 atom stereocenters. The van der Waals surface area contributed by atoms with Crippen molar-refractivity contribution in [2.24, 2.45) is 11.3 Å². The lowest BCUT2D eigenvalue weighted by atomic mass is 9.83. The number of aliphatic hydroxyl groups is 1. The number of amides is 2. The van der Waals surface area contributed by atoms with E-state index in [-0.39, 0.29) is 23.6 Å². The summed E-state index contributed by atoms with van der Waals surface area (Å²) in [6, 6.07) is 2.99. The van der Waals surface area contributed by atoms with E-state index in [1.807, 2.05) is 0 Å². The SMILES string of the molecule is CNC(=O)c1ccc(C2=C(C(=O)OCOC(=O)C(C)(C)C)N3C(=O)C([C@@H](C)O)C3C2)s1. The second kappa shape index (κ2) is 8.43. The quantitative estimate of drug-likeness (QED) is 0.383. The highest BCUT2D eigenvalue weighted by atomic mass is 32.1. The van der Waals surface area contributed by atoms with Gasteiger partial charge in [0, 0.05) is 17.5 Å². The van der Waals surface area contributed by atoms with Crippen molar-refractivity contribution < 1.29 is 33.8 Å². The normalized spacial score (nSPS) is 21.4. The minimum atomic E-state index is -0.858. The van der Waals surface area contributed by atoms with E-state index in [0.717, 1.165) is 0 Å². The number of ether oxygens (including phenoxy) is 2. The number of rotatable bonds is 6. The van der Waals surface area contributed by atoms with Crippen molar-refractivity contribution in [2.45, 2.75) is 46.3 Å². The number of thiophene rings is 1. The summed E-state index contributed by atoms with van der Waals surface area (Å²) in [7, 11) is 1.52. The Hall–Kier alpha value is -2.72. The number of aliphatic hydroxyl groups excluding tert-OH is 1. The van der Waals surface area contributed by atoms with Gasteiger partial charge in [-0.2, -0.15) is 0 Å². The summed E-state index contributed by atoms with van der Waals surface area (Å²) in [5.74, 6) is -2.56. The highest BCUT2D eigenvalue weighted by molar-refractivity contribution is 7.15. The Kier molecular flexibility index (Phi) is 6.24. The molecule has 0 aromatic carbocycles. The molecule has 2 aliphatic rings. The van der Waals surface area contributed by atoms with Crippen LogP contribution in [0.15, 0.2) is 17.8 Å². The Balaban J connectivity index is 1.86. The molecule has 3 heterocycles. The number of nitrogens with one attached hydrogen (secondary N) is 1. The van der Waals surface area contributed by atoms with Crippen LogP contribution in [0.4, 0.5) is 0 Å². The third-order valence-electron chi connectivity index (χ3n) is 5.27. The van der Waals surface area contributed by atoms with E-state index in [0.29, 0.717) is 21.7 Å². The zero-order valence-electron chi connectivity index (χ0n) is 18.1. The van der Waals surface area contributed by atoms with Crippen molar-refractivity contribution in [3.05, 3.63) is 27.6 Å². The number of fused-ring (bicyclic) bond motifs is 1. The maximum atomic E-state index is 12.9. The van der Waals surface area contributed by atoms with Crippen LogP contribution >= 0.6 is 11.3 Å². The van der Waals surface area contributed by atoms with E-state index in [1.165, 1.54) is 30.2 Å². The highest BCUT2D eigenvalue weighted by Crippen LogP contribution is 2.48. The second-order valence-electron chi connectivity index (χ2n) is 8.55. The smallest absolute Gasteiger partial charge is 0.358 e. The number of hydrogen-bond acceptors (Lipinski definition) is 8. The first-order valence-electron chi connectivity index (χ1n) is 9.88. The van der Waals surface area contributed by atoms with Gasteiger partial charge in [-0.3, -0.25) is 14.4 Å². The monoisotopic (exact) mass is 450 g/mol. The summed E-state index contributed by atoms with van der Waals surface area (Å²) in [6.07, 6.45) is -0.510. The molecule has 1 aromatic rings. The van der Waals surface area contributed by atoms with Gasteiger partial charge in [-0.25, -0.2) is 4.79 Å². The number of esters is 2. The summed E-state index contributed by atoms with van der Waals surface area (Å²) < 4.78 is 10.1. The summed E-state index contributed by atoms with van der Waals surface area (Å²) in [5, 5.41) is 12.5. The molecule has 0 saturated carbocycles. The Morgan fingerprint density at radius 1 is 1.29 bits per heavy atom.